The molecule has 8 nitrogen and oxygen atoms in total. The predicted octanol–water partition coefficient (Wildman–Crippen LogP) is 4.02. The van der Waals surface area contributed by atoms with Gasteiger partial charge in [-0.15, -0.1) is 0 Å². The van der Waals surface area contributed by atoms with Crippen molar-refractivity contribution in [2.24, 2.45) is 0 Å². The summed E-state index contributed by atoms with van der Waals surface area (Å²) in [6.07, 6.45) is 2.25. The van der Waals surface area contributed by atoms with Gasteiger partial charge in [0, 0.05) is 35.7 Å². The quantitative estimate of drug-likeness (QED) is 0.465. The van der Waals surface area contributed by atoms with E-state index in [2.05, 4.69) is 10.4 Å². The minimum Gasteiger partial charge on any atom is -0.497 e. The summed E-state index contributed by atoms with van der Waals surface area (Å²) in [6, 6.07) is 11.8. The van der Waals surface area contributed by atoms with Crippen LogP contribution in [0.25, 0.3) is 22.4 Å². The van der Waals surface area contributed by atoms with Crippen LogP contribution >= 0.6 is 0 Å². The molecule has 182 valence electrons. The Hall–Kier alpha value is -4.08. The van der Waals surface area contributed by atoms with Crippen LogP contribution in [-0.2, 0) is 16.1 Å². The van der Waals surface area contributed by atoms with Crippen LogP contribution in [0.3, 0.4) is 0 Å². The average Bonchev–Trinajstić information content (AvgIpc) is 3.44. The fourth-order valence-corrected chi connectivity index (χ4v) is 4.26. The number of aromatic nitrogens is 2. The van der Waals surface area contributed by atoms with Crippen LogP contribution in [-0.4, -0.2) is 46.1 Å². The molecule has 0 radical (unpaired) electrons. The maximum Gasteiger partial charge on any atom is 0.333 e. The van der Waals surface area contributed by atoms with Crippen molar-refractivity contribution < 1.29 is 27.9 Å². The third-order valence-corrected chi connectivity index (χ3v) is 6.13. The molecule has 1 atom stereocenters. The highest BCUT2D eigenvalue weighted by Crippen LogP contribution is 2.37. The highest BCUT2D eigenvalue weighted by Gasteiger charge is 2.31. The Morgan fingerprint density at radius 3 is 2.54 bits per heavy atom. The van der Waals surface area contributed by atoms with E-state index >= 15 is 0 Å². The van der Waals surface area contributed by atoms with Gasteiger partial charge in [-0.2, -0.15) is 13.9 Å². The van der Waals surface area contributed by atoms with Crippen molar-refractivity contribution >= 4 is 18.2 Å². The van der Waals surface area contributed by atoms with Crippen molar-refractivity contribution in [2.75, 3.05) is 7.11 Å². The van der Waals surface area contributed by atoms with Crippen molar-refractivity contribution in [1.82, 2.24) is 20.0 Å². The Balaban J connectivity index is 1.63. The van der Waals surface area contributed by atoms with Crippen LogP contribution in [0.1, 0.15) is 42.2 Å². The Labute approximate surface area is 200 Å². The number of hydrogen-bond acceptors (Lipinski definition) is 5. The minimum absolute atomic E-state index is 0.114. The van der Waals surface area contributed by atoms with Gasteiger partial charge in [-0.25, -0.2) is 4.68 Å². The zero-order valence-corrected chi connectivity index (χ0v) is 19.2. The summed E-state index contributed by atoms with van der Waals surface area (Å²) < 4.78 is 33.3. The van der Waals surface area contributed by atoms with Gasteiger partial charge in [-0.05, 0) is 60.9 Å². The van der Waals surface area contributed by atoms with E-state index in [0.29, 0.717) is 52.1 Å². The lowest BCUT2D eigenvalue weighted by atomic mass is 9.98. The number of nitrogens with one attached hydrogen (secondary N) is 1. The Bertz CT molecular complexity index is 1260. The van der Waals surface area contributed by atoms with Crippen LogP contribution in [0.2, 0.25) is 0 Å². The SMILES string of the molecule is COc1ccc(-c2c(-c3ccc4c(c3)CN(C(C)CCC(=O)NC=O)C4=O)cnn2C(F)F)cc1. The zero-order valence-electron chi connectivity index (χ0n) is 19.2. The van der Waals surface area contributed by atoms with Gasteiger partial charge in [0.15, 0.2) is 0 Å². The van der Waals surface area contributed by atoms with E-state index in [1.54, 1.807) is 41.3 Å². The number of fused-ring (bicyclic) bond motifs is 1. The summed E-state index contributed by atoms with van der Waals surface area (Å²) in [7, 11) is 1.53. The van der Waals surface area contributed by atoms with Gasteiger partial charge < -0.3 is 9.64 Å². The summed E-state index contributed by atoms with van der Waals surface area (Å²) in [6.45, 7) is -0.656. The molecule has 0 bridgehead atoms. The number of hydrogen-bond donors (Lipinski definition) is 1. The number of imide groups is 1. The monoisotopic (exact) mass is 482 g/mol. The molecule has 0 spiro atoms. The summed E-state index contributed by atoms with van der Waals surface area (Å²) >= 11 is 0. The largest absolute Gasteiger partial charge is 0.497 e. The molecule has 1 aliphatic rings. The molecule has 2 aromatic carbocycles. The maximum absolute atomic E-state index is 13.8. The molecule has 3 aromatic rings. The number of halogens is 2. The molecule has 0 aliphatic carbocycles. The molecule has 1 unspecified atom stereocenters. The molecule has 10 heteroatoms. The van der Waals surface area contributed by atoms with Crippen molar-refractivity contribution in [2.45, 2.75) is 38.9 Å². The summed E-state index contributed by atoms with van der Waals surface area (Å²) in [5.41, 5.74) is 3.29. The number of rotatable bonds is 9. The maximum atomic E-state index is 13.8. The minimum atomic E-state index is -2.83. The molecule has 3 amide bonds. The lowest BCUT2D eigenvalue weighted by Crippen LogP contribution is -2.34. The van der Waals surface area contributed by atoms with Crippen LogP contribution in [0.5, 0.6) is 5.75 Å². The number of amides is 3. The second-order valence-corrected chi connectivity index (χ2v) is 8.24. The first-order chi connectivity index (χ1) is 16.8. The van der Waals surface area contributed by atoms with Gasteiger partial charge in [0.2, 0.25) is 12.3 Å². The molecule has 2 heterocycles. The molecule has 1 aromatic heterocycles. The van der Waals surface area contributed by atoms with Gasteiger partial charge in [0.05, 0.1) is 19.0 Å². The van der Waals surface area contributed by atoms with E-state index in [4.69, 9.17) is 4.74 Å². The summed E-state index contributed by atoms with van der Waals surface area (Å²) in [4.78, 5) is 36.6. The summed E-state index contributed by atoms with van der Waals surface area (Å²) in [5.74, 6) is 0.0428. The zero-order chi connectivity index (χ0) is 25.1. The van der Waals surface area contributed by atoms with E-state index in [-0.39, 0.29) is 24.1 Å². The van der Waals surface area contributed by atoms with E-state index < -0.39 is 12.5 Å². The van der Waals surface area contributed by atoms with E-state index in [0.717, 1.165) is 5.56 Å². The molecule has 1 N–H and O–H groups in total. The molecular weight excluding hydrogens is 458 g/mol. The fourth-order valence-electron chi connectivity index (χ4n) is 4.26. The summed E-state index contributed by atoms with van der Waals surface area (Å²) in [5, 5.41) is 6.00. The Morgan fingerprint density at radius 1 is 1.17 bits per heavy atom. The van der Waals surface area contributed by atoms with E-state index in [1.165, 1.54) is 13.3 Å². The van der Waals surface area contributed by atoms with E-state index in [1.807, 2.05) is 13.0 Å². The molecule has 0 fully saturated rings. The van der Waals surface area contributed by atoms with E-state index in [9.17, 15) is 23.2 Å². The highest BCUT2D eigenvalue weighted by atomic mass is 19.3. The van der Waals surface area contributed by atoms with Gasteiger partial charge >= 0.3 is 6.55 Å². The molecular formula is C25H24F2N4O4. The van der Waals surface area contributed by atoms with Crippen molar-refractivity contribution in [3.05, 3.63) is 59.8 Å². The molecule has 1 aliphatic heterocycles. The Kier molecular flexibility index (Phi) is 6.90. The average molecular weight is 482 g/mol. The van der Waals surface area contributed by atoms with Crippen molar-refractivity contribution in [3.8, 4) is 28.1 Å². The van der Waals surface area contributed by atoms with Crippen LogP contribution in [0, 0.1) is 0 Å². The van der Waals surface area contributed by atoms with Crippen LogP contribution < -0.4 is 10.1 Å². The first-order valence-corrected chi connectivity index (χ1v) is 11.0. The lowest BCUT2D eigenvalue weighted by molar-refractivity contribution is -0.125. The molecule has 0 saturated carbocycles. The van der Waals surface area contributed by atoms with Crippen molar-refractivity contribution in [3.63, 3.8) is 0 Å². The smallest absolute Gasteiger partial charge is 0.333 e. The van der Waals surface area contributed by atoms with Gasteiger partial charge in [0.25, 0.3) is 5.91 Å². The fraction of sp³-hybridized carbons (Fsp3) is 0.280. The lowest BCUT2D eigenvalue weighted by Gasteiger charge is -2.23. The molecule has 35 heavy (non-hydrogen) atoms. The number of ether oxygens (including phenoxy) is 1. The number of alkyl halides is 2. The normalized spacial score (nSPS) is 13.6. The third kappa shape index (κ3) is 4.77. The molecule has 4 rings (SSSR count). The molecule has 0 saturated heterocycles. The standard InChI is InChI=1S/C25H24F2N4O4/c1-15(3-10-22(33)28-14-32)30-13-18-11-17(6-9-20(18)24(30)34)21-12-29-31(25(26)27)23(21)16-4-7-19(35-2)8-5-16/h4-9,11-12,14-15,25H,3,10,13H2,1-2H3,(H,28,32,33). The second-order valence-electron chi connectivity index (χ2n) is 8.24. The van der Waals surface area contributed by atoms with Gasteiger partial charge in [-0.3, -0.25) is 19.7 Å². The Morgan fingerprint density at radius 2 is 1.89 bits per heavy atom. The number of nitrogens with zero attached hydrogens (tertiary/aromatic N) is 3. The highest BCUT2D eigenvalue weighted by molar-refractivity contribution is 5.99. The number of methoxy groups -OCH3 is 1. The number of benzene rings is 2. The number of carbonyl (C=O) groups is 3. The van der Waals surface area contributed by atoms with Crippen molar-refractivity contribution in [1.29, 1.82) is 0 Å². The van der Waals surface area contributed by atoms with Crippen LogP contribution in [0.4, 0.5) is 8.78 Å². The second kappa shape index (κ2) is 10.0. The first-order valence-electron chi connectivity index (χ1n) is 11.0. The van der Waals surface area contributed by atoms with Crippen LogP contribution in [0.15, 0.2) is 48.7 Å². The van der Waals surface area contributed by atoms with Gasteiger partial charge in [0.1, 0.15) is 5.75 Å². The first kappa shape index (κ1) is 24.1. The third-order valence-electron chi connectivity index (χ3n) is 6.13. The number of carbonyl (C=O) groups excluding carboxylic acids is 3. The predicted molar refractivity (Wildman–Crippen MR) is 124 cm³/mol. The topological polar surface area (TPSA) is 93.5 Å². The van der Waals surface area contributed by atoms with Gasteiger partial charge in [-0.1, -0.05) is 6.07 Å².